The predicted octanol–water partition coefficient (Wildman–Crippen LogP) is 4.52. The van der Waals surface area contributed by atoms with Crippen LogP contribution in [0.2, 0.25) is 0 Å². The third kappa shape index (κ3) is 5.09. The van der Waals surface area contributed by atoms with Crippen LogP contribution in [0.1, 0.15) is 29.5 Å². The third-order valence-corrected chi connectivity index (χ3v) is 5.93. The molecule has 1 aliphatic rings. The van der Waals surface area contributed by atoms with Crippen molar-refractivity contribution in [2.45, 2.75) is 19.3 Å². The fourth-order valence-corrected chi connectivity index (χ4v) is 4.34. The summed E-state index contributed by atoms with van der Waals surface area (Å²) in [5, 5.41) is 11.7. The number of carboxylic acid groups (broad SMARTS) is 1. The average molecular weight is 459 g/mol. The highest BCUT2D eigenvalue weighted by molar-refractivity contribution is 5.86. The second kappa shape index (κ2) is 10.2. The first kappa shape index (κ1) is 23.0. The molecule has 3 aromatic carbocycles. The number of ether oxygens (including phenoxy) is 1. The first-order valence-electron chi connectivity index (χ1n) is 11.2. The monoisotopic (exact) mass is 458 g/mol. The van der Waals surface area contributed by atoms with Crippen molar-refractivity contribution >= 4 is 23.7 Å². The van der Waals surface area contributed by atoms with Crippen molar-refractivity contribution in [3.63, 3.8) is 0 Å². The highest BCUT2D eigenvalue weighted by Crippen LogP contribution is 2.44. The second-order valence-electron chi connectivity index (χ2n) is 8.13. The van der Waals surface area contributed by atoms with Crippen LogP contribution in [0.15, 0.2) is 72.8 Å². The maximum Gasteiger partial charge on any atom is 0.411 e. The van der Waals surface area contributed by atoms with E-state index in [4.69, 9.17) is 9.84 Å². The van der Waals surface area contributed by atoms with Crippen molar-refractivity contribution in [2.24, 2.45) is 0 Å². The van der Waals surface area contributed by atoms with Crippen molar-refractivity contribution in [1.29, 1.82) is 0 Å². The van der Waals surface area contributed by atoms with E-state index in [0.29, 0.717) is 17.8 Å². The molecule has 34 heavy (non-hydrogen) atoms. The summed E-state index contributed by atoms with van der Waals surface area (Å²) in [5.41, 5.74) is 5.77. The minimum absolute atomic E-state index is 0.0311. The fourth-order valence-electron chi connectivity index (χ4n) is 4.34. The number of anilines is 1. The van der Waals surface area contributed by atoms with Gasteiger partial charge in [-0.3, -0.25) is 14.9 Å². The van der Waals surface area contributed by atoms with E-state index >= 15 is 0 Å². The van der Waals surface area contributed by atoms with Crippen LogP contribution in [0, 0.1) is 0 Å². The topological polar surface area (TPSA) is 95.9 Å². The molecular weight excluding hydrogens is 432 g/mol. The van der Waals surface area contributed by atoms with Crippen LogP contribution in [0.3, 0.4) is 0 Å². The van der Waals surface area contributed by atoms with Gasteiger partial charge in [-0.1, -0.05) is 60.7 Å². The number of aliphatic carboxylic acids is 1. The van der Waals surface area contributed by atoms with Crippen LogP contribution in [-0.4, -0.2) is 47.7 Å². The number of benzene rings is 3. The molecule has 0 bridgehead atoms. The summed E-state index contributed by atoms with van der Waals surface area (Å²) in [7, 11) is 0. The molecule has 0 saturated carbocycles. The zero-order valence-corrected chi connectivity index (χ0v) is 18.9. The van der Waals surface area contributed by atoms with Crippen LogP contribution in [0.4, 0.5) is 10.5 Å². The van der Waals surface area contributed by atoms with Crippen molar-refractivity contribution < 1.29 is 24.2 Å². The molecule has 0 unspecified atom stereocenters. The minimum Gasteiger partial charge on any atom is -0.480 e. The summed E-state index contributed by atoms with van der Waals surface area (Å²) in [4.78, 5) is 37.2. The highest BCUT2D eigenvalue weighted by atomic mass is 16.5. The molecule has 0 aliphatic heterocycles. The number of carbonyl (C=O) groups excluding carboxylic acids is 2. The SMILES string of the molecule is CCN(CC(=O)O)C(=O)Cc1cccc(NC(=O)OCC2c3ccccc3-c3ccccc32)c1. The van der Waals surface area contributed by atoms with E-state index in [-0.39, 0.29) is 31.4 Å². The minimum atomic E-state index is -1.05. The van der Waals surface area contributed by atoms with Gasteiger partial charge in [-0.25, -0.2) is 4.79 Å². The van der Waals surface area contributed by atoms with Gasteiger partial charge in [-0.05, 0) is 46.9 Å². The van der Waals surface area contributed by atoms with Gasteiger partial charge in [0.1, 0.15) is 13.2 Å². The number of carboxylic acids is 1. The molecule has 0 radical (unpaired) electrons. The van der Waals surface area contributed by atoms with E-state index < -0.39 is 12.1 Å². The Hall–Kier alpha value is -4.13. The zero-order chi connectivity index (χ0) is 24.1. The summed E-state index contributed by atoms with van der Waals surface area (Å²) < 4.78 is 5.57. The van der Waals surface area contributed by atoms with Gasteiger partial charge in [0.15, 0.2) is 0 Å². The van der Waals surface area contributed by atoms with E-state index in [0.717, 1.165) is 22.3 Å². The molecule has 174 valence electrons. The molecule has 2 N–H and O–H groups in total. The molecule has 0 saturated heterocycles. The van der Waals surface area contributed by atoms with Crippen LogP contribution in [0.25, 0.3) is 11.1 Å². The Morgan fingerprint density at radius 3 is 2.21 bits per heavy atom. The van der Waals surface area contributed by atoms with Gasteiger partial charge in [0.05, 0.1) is 6.42 Å². The molecule has 1 aliphatic carbocycles. The summed E-state index contributed by atoms with van der Waals surface area (Å²) in [5.74, 6) is -1.37. The van der Waals surface area contributed by atoms with Crippen LogP contribution < -0.4 is 5.32 Å². The first-order chi connectivity index (χ1) is 16.5. The normalized spacial score (nSPS) is 11.9. The fraction of sp³-hybridized carbons (Fsp3) is 0.222. The molecule has 0 heterocycles. The maximum atomic E-state index is 12.5. The molecule has 0 spiro atoms. The number of fused-ring (bicyclic) bond motifs is 3. The van der Waals surface area contributed by atoms with Crippen molar-refractivity contribution in [2.75, 3.05) is 25.0 Å². The Labute approximate surface area is 198 Å². The Balaban J connectivity index is 1.38. The Kier molecular flexibility index (Phi) is 6.92. The molecular formula is C27H26N2O5. The van der Waals surface area contributed by atoms with Crippen LogP contribution in [-0.2, 0) is 20.7 Å². The number of hydrogen-bond acceptors (Lipinski definition) is 4. The third-order valence-electron chi connectivity index (χ3n) is 5.93. The molecule has 0 atom stereocenters. The summed E-state index contributed by atoms with van der Waals surface area (Å²) in [6, 6.07) is 23.2. The number of nitrogens with zero attached hydrogens (tertiary/aromatic N) is 1. The van der Waals surface area contributed by atoms with E-state index in [2.05, 4.69) is 29.6 Å². The lowest BCUT2D eigenvalue weighted by Crippen LogP contribution is -2.36. The molecule has 0 aromatic heterocycles. The number of hydrogen-bond donors (Lipinski definition) is 2. The van der Waals surface area contributed by atoms with Crippen molar-refractivity contribution in [3.8, 4) is 11.1 Å². The van der Waals surface area contributed by atoms with Gasteiger partial charge >= 0.3 is 12.1 Å². The number of rotatable bonds is 8. The van der Waals surface area contributed by atoms with Gasteiger partial charge in [0.25, 0.3) is 0 Å². The van der Waals surface area contributed by atoms with Gasteiger partial charge < -0.3 is 14.7 Å². The first-order valence-corrected chi connectivity index (χ1v) is 11.2. The van der Waals surface area contributed by atoms with E-state index in [1.54, 1.807) is 31.2 Å². The van der Waals surface area contributed by atoms with Crippen LogP contribution in [0.5, 0.6) is 0 Å². The lowest BCUT2D eigenvalue weighted by Gasteiger charge is -2.18. The number of carbonyl (C=O) groups is 3. The summed E-state index contributed by atoms with van der Waals surface area (Å²) in [6.45, 7) is 1.91. The highest BCUT2D eigenvalue weighted by Gasteiger charge is 2.29. The smallest absolute Gasteiger partial charge is 0.411 e. The largest absolute Gasteiger partial charge is 0.480 e. The van der Waals surface area contributed by atoms with Gasteiger partial charge in [0, 0.05) is 18.2 Å². The average Bonchev–Trinajstić information content (AvgIpc) is 3.15. The van der Waals surface area contributed by atoms with E-state index in [9.17, 15) is 14.4 Å². The van der Waals surface area contributed by atoms with Crippen LogP contribution >= 0.6 is 0 Å². The quantitative estimate of drug-likeness (QED) is 0.517. The van der Waals surface area contributed by atoms with E-state index in [1.165, 1.54) is 4.90 Å². The number of likely N-dealkylation sites (N-methyl/N-ethyl adjacent to an activating group) is 1. The lowest BCUT2D eigenvalue weighted by molar-refractivity contribution is -0.144. The van der Waals surface area contributed by atoms with Crippen molar-refractivity contribution in [1.82, 2.24) is 4.90 Å². The Bertz CT molecular complexity index is 1180. The second-order valence-corrected chi connectivity index (χ2v) is 8.13. The number of amides is 2. The molecule has 0 fully saturated rings. The van der Waals surface area contributed by atoms with Gasteiger partial charge in [-0.15, -0.1) is 0 Å². The number of nitrogens with one attached hydrogen (secondary N) is 1. The predicted molar refractivity (Wildman–Crippen MR) is 129 cm³/mol. The maximum absolute atomic E-state index is 12.5. The lowest BCUT2D eigenvalue weighted by atomic mass is 9.98. The van der Waals surface area contributed by atoms with Gasteiger partial charge in [0.2, 0.25) is 5.91 Å². The molecule has 3 aromatic rings. The summed E-state index contributed by atoms with van der Waals surface area (Å²) in [6.07, 6.45) is -0.534. The zero-order valence-electron chi connectivity index (χ0n) is 18.9. The molecule has 7 heteroatoms. The molecule has 4 rings (SSSR count). The van der Waals surface area contributed by atoms with Crippen molar-refractivity contribution in [3.05, 3.63) is 89.5 Å². The molecule has 2 amide bonds. The van der Waals surface area contributed by atoms with E-state index in [1.807, 2.05) is 24.3 Å². The molecule has 7 nitrogen and oxygen atoms in total. The summed E-state index contributed by atoms with van der Waals surface area (Å²) >= 11 is 0. The van der Waals surface area contributed by atoms with Gasteiger partial charge in [-0.2, -0.15) is 0 Å². The Morgan fingerprint density at radius 2 is 1.59 bits per heavy atom. The Morgan fingerprint density at radius 1 is 0.941 bits per heavy atom. The standard InChI is InChI=1S/C27H26N2O5/c1-2-29(16-26(31)32)25(30)15-18-8-7-9-19(14-18)28-27(33)34-17-24-22-12-5-3-10-20(22)21-11-4-6-13-23(21)24/h3-14,24H,2,15-17H2,1H3,(H,28,33)(H,31,32).